The third-order valence-corrected chi connectivity index (χ3v) is 5.86. The molecule has 0 unspecified atom stereocenters. The zero-order chi connectivity index (χ0) is 20.9. The summed E-state index contributed by atoms with van der Waals surface area (Å²) in [5.41, 5.74) is 1.42. The molecule has 0 atom stereocenters. The molecule has 0 radical (unpaired) electrons. The molecule has 0 fully saturated rings. The van der Waals surface area contributed by atoms with Crippen molar-refractivity contribution < 1.29 is 13.6 Å². The van der Waals surface area contributed by atoms with Gasteiger partial charge >= 0.3 is 49.6 Å². The Bertz CT molecular complexity index is 1010. The van der Waals surface area contributed by atoms with Crippen LogP contribution in [0.1, 0.15) is 5.56 Å². The summed E-state index contributed by atoms with van der Waals surface area (Å²) < 4.78 is 1.56. The van der Waals surface area contributed by atoms with Crippen molar-refractivity contribution in [3.63, 3.8) is 0 Å². The van der Waals surface area contributed by atoms with Gasteiger partial charge in [-0.25, -0.2) is 0 Å². The van der Waals surface area contributed by atoms with E-state index in [-0.39, 0.29) is 25.4 Å². The van der Waals surface area contributed by atoms with Gasteiger partial charge < -0.3 is 0 Å². The predicted molar refractivity (Wildman–Crippen MR) is 118 cm³/mol. The summed E-state index contributed by atoms with van der Waals surface area (Å²) in [6, 6.07) is 3.32. The van der Waals surface area contributed by atoms with E-state index in [0.29, 0.717) is 16.7 Å². The summed E-state index contributed by atoms with van der Waals surface area (Å²) in [5, 5.41) is 0.863. The van der Waals surface area contributed by atoms with Crippen molar-refractivity contribution in [3.8, 4) is 0 Å². The van der Waals surface area contributed by atoms with E-state index >= 15 is 0 Å². The van der Waals surface area contributed by atoms with Crippen molar-refractivity contribution >= 4 is 144 Å². The van der Waals surface area contributed by atoms with Gasteiger partial charge in [-0.15, -0.1) is 0 Å². The second-order valence-corrected chi connectivity index (χ2v) is 19.7. The number of rotatable bonds is 0. The summed E-state index contributed by atoms with van der Waals surface area (Å²) in [7, 11) is 17.2. The first kappa shape index (κ1) is 25.4. The fourth-order valence-corrected chi connectivity index (χ4v) is 3.78. The van der Waals surface area contributed by atoms with E-state index in [4.69, 9.17) is 133 Å². The molecule has 3 aromatic heterocycles. The van der Waals surface area contributed by atoms with Crippen LogP contribution in [-0.4, -0.2) is 4.40 Å². The fourth-order valence-electron chi connectivity index (χ4n) is 2.10. The number of hydrogen-bond donors (Lipinski definition) is 0. The van der Waals surface area contributed by atoms with Gasteiger partial charge in [0, 0.05) is 11.6 Å². The molecule has 2 nitrogen and oxygen atoms in total. The Morgan fingerprint density at radius 3 is 1.81 bits per heavy atom. The van der Waals surface area contributed by atoms with Crippen molar-refractivity contribution in [1.29, 1.82) is 0 Å². The van der Waals surface area contributed by atoms with Crippen LogP contribution >= 0.6 is 133 Å². The maximum atomic E-state index is 6.38. The number of hydrogen-bond acceptors (Lipinski definition) is 0. The van der Waals surface area contributed by atoms with Gasteiger partial charge in [-0.3, -0.25) is 0 Å². The van der Waals surface area contributed by atoms with Crippen LogP contribution in [0.4, 0.5) is 0 Å². The van der Waals surface area contributed by atoms with Crippen LogP contribution in [0.25, 0.3) is 11.2 Å². The maximum absolute atomic E-state index is 6.38. The molecule has 0 N–H and O–H groups in total. The Labute approximate surface area is 213 Å². The molecule has 0 amide bonds. The average molecular weight is 656 g/mol. The Morgan fingerprint density at radius 1 is 0.815 bits per heavy atom. The second kappa shape index (κ2) is 9.35. The second-order valence-electron chi connectivity index (χ2n) is 4.65. The van der Waals surface area contributed by atoms with Crippen LogP contribution < -0.4 is 4.40 Å². The molecule has 0 bridgehead atoms. The van der Waals surface area contributed by atoms with Gasteiger partial charge in [-0.2, -0.15) is 8.80 Å². The number of pyridine rings is 2. The summed E-state index contributed by atoms with van der Waals surface area (Å²) in [6.07, 6.45) is 1.58. The Morgan fingerprint density at radius 2 is 1.33 bits per heavy atom. The topological polar surface area (TPSA) is 8.51 Å². The van der Waals surface area contributed by atoms with Gasteiger partial charge in [0.05, 0.1) is 5.02 Å². The summed E-state index contributed by atoms with van der Waals surface area (Å²) >= 11 is 48.7. The van der Waals surface area contributed by atoms with Crippen LogP contribution in [0, 0.1) is 0 Å². The fraction of sp³-hybridized carbons (Fsp3) is 0.0833. The molecular weight excluding hydrogens is 653 g/mol. The molecule has 153 valence electrons. The number of nitrogens with zero attached hydrogens (tertiary/aromatic N) is 2. The van der Waals surface area contributed by atoms with Crippen LogP contribution in [0.15, 0.2) is 18.3 Å². The third kappa shape index (κ3) is 5.90. The van der Waals surface area contributed by atoms with Gasteiger partial charge in [-0.05, 0) is 29.3 Å². The number of alkyl halides is 3. The van der Waals surface area contributed by atoms with E-state index < -0.39 is 13.0 Å². The zero-order valence-electron chi connectivity index (χ0n) is 12.0. The summed E-state index contributed by atoms with van der Waals surface area (Å²) in [5.74, 6) is 0. The van der Waals surface area contributed by atoms with E-state index in [9.17, 15) is 0 Å². The predicted octanol–water partition coefficient (Wildman–Crippen LogP) is 9.53. The van der Waals surface area contributed by atoms with Crippen LogP contribution in [0.5, 0.6) is 0 Å². The van der Waals surface area contributed by atoms with E-state index in [0.717, 1.165) is 0 Å². The van der Waals surface area contributed by atoms with Gasteiger partial charge in [-0.1, -0.05) is 69.6 Å². The minimum absolute atomic E-state index is 0.118. The molecule has 0 aliphatic carbocycles. The molecule has 27 heavy (non-hydrogen) atoms. The first-order chi connectivity index (χ1) is 12.1. The Hall–Kier alpha value is 2.17. The quantitative estimate of drug-likeness (QED) is 0.0987. The van der Waals surface area contributed by atoms with Crippen molar-refractivity contribution in [3.05, 3.63) is 49.3 Å². The molecule has 0 aliphatic heterocycles. The molecular formula is C12H3Cl12FeN2. The first-order valence-electron chi connectivity index (χ1n) is 6.12. The molecule has 3 heterocycles. The van der Waals surface area contributed by atoms with E-state index in [1.807, 2.05) is 0 Å². The van der Waals surface area contributed by atoms with Gasteiger partial charge in [0.25, 0.3) is 5.65 Å². The van der Waals surface area contributed by atoms with Gasteiger partial charge in [0.1, 0.15) is 16.2 Å². The van der Waals surface area contributed by atoms with Crippen molar-refractivity contribution in [2.75, 3.05) is 0 Å². The number of aromatic nitrogens is 2. The minimum atomic E-state index is -2.61. The van der Waals surface area contributed by atoms with Crippen molar-refractivity contribution in [2.24, 2.45) is 0 Å². The molecule has 3 rings (SSSR count). The monoisotopic (exact) mass is 651 g/mol. The first-order valence-corrected chi connectivity index (χ1v) is 15.2. The number of halogens is 12. The van der Waals surface area contributed by atoms with Crippen molar-refractivity contribution in [2.45, 2.75) is 3.79 Å². The Balaban J connectivity index is 0.000000465. The van der Waals surface area contributed by atoms with Crippen LogP contribution in [0.3, 0.4) is 0 Å². The third-order valence-electron chi connectivity index (χ3n) is 3.08. The summed E-state index contributed by atoms with van der Waals surface area (Å²) in [6.45, 7) is 0. The number of imidazole rings is 1. The standard InChI is InChI=1S/C12H3Cl8N2.4ClH.Fe/c13-6-7(14)9-11(17)21-3-4(12(18,19)20)1-2-5(21)22(9)10(16)8(6)15;;;;;/h1-3H;4*1H;/q+1;;;;;+3/p-4. The van der Waals surface area contributed by atoms with Crippen LogP contribution in [-0.2, 0) is 13.0 Å². The molecule has 0 saturated carbocycles. The molecule has 15 heteroatoms. The van der Waals surface area contributed by atoms with Crippen LogP contribution in [0.2, 0.25) is 25.4 Å². The molecule has 0 aliphatic rings. The molecule has 0 saturated heterocycles. The Kier molecular flexibility index (Phi) is 8.80. The molecule has 3 aromatic rings. The SMILES string of the molecule is Clc1c(Cl)c(Cl)n2c(c1Cl)c(Cl)[n+]1cc(C(Cl)(Cl)Cl)ccc21.[Cl][Fe-]([Cl])([Cl])[Cl]. The van der Waals surface area contributed by atoms with E-state index in [1.54, 1.807) is 27.1 Å². The average Bonchev–Trinajstić information content (AvgIpc) is 2.81. The van der Waals surface area contributed by atoms with E-state index in [2.05, 4.69) is 0 Å². The van der Waals surface area contributed by atoms with Gasteiger partial charge in [0.15, 0.2) is 0 Å². The zero-order valence-corrected chi connectivity index (χ0v) is 22.2. The number of fused-ring (bicyclic) bond motifs is 3. The molecule has 0 spiro atoms. The van der Waals surface area contributed by atoms with E-state index in [1.165, 1.54) is 0 Å². The summed E-state index contributed by atoms with van der Waals surface area (Å²) in [4.78, 5) is 0. The molecule has 0 aromatic carbocycles. The normalized spacial score (nSPS) is 13.0. The van der Waals surface area contributed by atoms with Crippen molar-refractivity contribution in [1.82, 2.24) is 4.40 Å². The van der Waals surface area contributed by atoms with Gasteiger partial charge in [0.2, 0.25) is 19.6 Å².